The fraction of sp³-hybridized carbons (Fsp3) is 0.125. The highest BCUT2D eigenvalue weighted by Gasteiger charge is 2.19. The molecule has 0 aliphatic rings. The van der Waals surface area contributed by atoms with E-state index in [2.05, 4.69) is 0 Å². The largest absolute Gasteiger partial charge is 0.497 e. The van der Waals surface area contributed by atoms with Crippen LogP contribution in [0.4, 0.5) is 4.39 Å². The number of rotatable bonds is 5. The minimum absolute atomic E-state index is 0.303. The topological polar surface area (TPSA) is 36.3 Å². The van der Waals surface area contributed by atoms with Gasteiger partial charge in [-0.15, -0.1) is 0 Å². The number of benzene rings is 3. The monoisotopic (exact) mass is 388 g/mol. The summed E-state index contributed by atoms with van der Waals surface area (Å²) in [5.41, 5.74) is 5.35. The molecular formula is C24H21FN2O2. The van der Waals surface area contributed by atoms with Gasteiger partial charge in [0.05, 0.1) is 31.3 Å². The van der Waals surface area contributed by atoms with E-state index >= 15 is 0 Å². The molecule has 4 nitrogen and oxygen atoms in total. The van der Waals surface area contributed by atoms with Crippen molar-refractivity contribution in [3.63, 3.8) is 0 Å². The number of aromatic nitrogens is 2. The van der Waals surface area contributed by atoms with E-state index in [-0.39, 0.29) is 5.82 Å². The number of hydrogen-bond donors (Lipinski definition) is 0. The molecule has 146 valence electrons. The van der Waals surface area contributed by atoms with Gasteiger partial charge in [-0.2, -0.15) is 5.10 Å². The zero-order chi connectivity index (χ0) is 20.4. The minimum Gasteiger partial charge on any atom is -0.497 e. The zero-order valence-corrected chi connectivity index (χ0v) is 16.5. The Morgan fingerprint density at radius 2 is 1.38 bits per heavy atom. The van der Waals surface area contributed by atoms with Crippen LogP contribution in [0, 0.1) is 12.7 Å². The Kier molecular flexibility index (Phi) is 5.04. The van der Waals surface area contributed by atoms with Crippen molar-refractivity contribution < 1.29 is 13.9 Å². The molecule has 5 heteroatoms. The van der Waals surface area contributed by atoms with Crippen LogP contribution in [0.3, 0.4) is 0 Å². The summed E-state index contributed by atoms with van der Waals surface area (Å²) < 4.78 is 26.3. The van der Waals surface area contributed by atoms with Crippen molar-refractivity contribution in [1.82, 2.24) is 9.78 Å². The third-order valence-corrected chi connectivity index (χ3v) is 4.90. The van der Waals surface area contributed by atoms with E-state index in [9.17, 15) is 4.39 Å². The first-order valence-electron chi connectivity index (χ1n) is 9.25. The molecule has 0 saturated heterocycles. The molecule has 29 heavy (non-hydrogen) atoms. The number of ether oxygens (including phenoxy) is 2. The van der Waals surface area contributed by atoms with E-state index in [1.165, 1.54) is 12.1 Å². The third kappa shape index (κ3) is 3.59. The first-order chi connectivity index (χ1) is 14.1. The highest BCUT2D eigenvalue weighted by molar-refractivity contribution is 5.76. The maximum atomic E-state index is 13.9. The van der Waals surface area contributed by atoms with Crippen LogP contribution < -0.4 is 9.47 Å². The van der Waals surface area contributed by atoms with Gasteiger partial charge in [-0.1, -0.05) is 6.07 Å². The van der Waals surface area contributed by atoms with Gasteiger partial charge < -0.3 is 9.47 Å². The molecule has 1 heterocycles. The van der Waals surface area contributed by atoms with E-state index in [0.29, 0.717) is 5.69 Å². The Morgan fingerprint density at radius 1 is 0.793 bits per heavy atom. The van der Waals surface area contributed by atoms with E-state index in [1.807, 2.05) is 61.5 Å². The third-order valence-electron chi connectivity index (χ3n) is 4.90. The molecule has 0 radical (unpaired) electrons. The van der Waals surface area contributed by atoms with Gasteiger partial charge in [-0.05, 0) is 73.7 Å². The van der Waals surface area contributed by atoms with Gasteiger partial charge in [0.1, 0.15) is 17.3 Å². The fourth-order valence-corrected chi connectivity index (χ4v) is 3.40. The molecule has 0 saturated carbocycles. The molecule has 0 amide bonds. The van der Waals surface area contributed by atoms with Gasteiger partial charge >= 0.3 is 0 Å². The fourth-order valence-electron chi connectivity index (χ4n) is 3.40. The summed E-state index contributed by atoms with van der Waals surface area (Å²) in [5.74, 6) is 1.26. The van der Waals surface area contributed by atoms with Crippen molar-refractivity contribution >= 4 is 0 Å². The second kappa shape index (κ2) is 7.80. The van der Waals surface area contributed by atoms with Gasteiger partial charge in [-0.25, -0.2) is 9.07 Å². The molecule has 4 rings (SSSR count). The van der Waals surface area contributed by atoms with Gasteiger partial charge in [0.25, 0.3) is 0 Å². The lowest BCUT2D eigenvalue weighted by atomic mass is 10.0. The molecule has 0 aliphatic carbocycles. The molecule has 0 bridgehead atoms. The number of hydrogen-bond acceptors (Lipinski definition) is 3. The number of nitrogens with zero attached hydrogens (tertiary/aromatic N) is 2. The average Bonchev–Trinajstić information content (AvgIpc) is 3.11. The summed E-state index contributed by atoms with van der Waals surface area (Å²) in [6, 6.07) is 22.0. The molecule has 1 aromatic heterocycles. The van der Waals surface area contributed by atoms with Crippen molar-refractivity contribution in [2.24, 2.45) is 0 Å². The summed E-state index contributed by atoms with van der Waals surface area (Å²) in [7, 11) is 3.28. The molecule has 0 unspecified atom stereocenters. The van der Waals surface area contributed by atoms with Crippen molar-refractivity contribution in [2.45, 2.75) is 6.92 Å². The molecule has 0 aliphatic heterocycles. The van der Waals surface area contributed by atoms with Crippen LogP contribution in [0.25, 0.3) is 28.2 Å². The number of halogens is 1. The lowest BCUT2D eigenvalue weighted by molar-refractivity contribution is 0.414. The van der Waals surface area contributed by atoms with Crippen molar-refractivity contribution in [3.8, 4) is 39.7 Å². The first-order valence-corrected chi connectivity index (χ1v) is 9.25. The molecule has 4 aromatic rings. The Labute approximate surface area is 169 Å². The van der Waals surface area contributed by atoms with Crippen LogP contribution in [0.2, 0.25) is 0 Å². The van der Waals surface area contributed by atoms with E-state index in [4.69, 9.17) is 14.6 Å². The predicted octanol–water partition coefficient (Wildman–Crippen LogP) is 5.67. The van der Waals surface area contributed by atoms with Crippen LogP contribution in [0.1, 0.15) is 5.56 Å². The smallest absolute Gasteiger partial charge is 0.125 e. The Hall–Kier alpha value is -3.60. The number of methoxy groups -OCH3 is 2. The van der Waals surface area contributed by atoms with Crippen molar-refractivity contribution in [2.75, 3.05) is 14.2 Å². The maximum absolute atomic E-state index is 13.9. The van der Waals surface area contributed by atoms with Crippen molar-refractivity contribution in [1.29, 1.82) is 0 Å². The van der Waals surface area contributed by atoms with Gasteiger partial charge in [0, 0.05) is 16.7 Å². The van der Waals surface area contributed by atoms with Gasteiger partial charge in [-0.3, -0.25) is 0 Å². The summed E-state index contributed by atoms with van der Waals surface area (Å²) in [5, 5.41) is 4.84. The molecule has 0 N–H and O–H groups in total. The predicted molar refractivity (Wildman–Crippen MR) is 112 cm³/mol. The first kappa shape index (κ1) is 18.7. The van der Waals surface area contributed by atoms with Crippen LogP contribution >= 0.6 is 0 Å². The molecule has 0 fully saturated rings. The quantitative estimate of drug-likeness (QED) is 0.442. The molecule has 0 atom stereocenters. The molecule has 3 aromatic carbocycles. The maximum Gasteiger partial charge on any atom is 0.125 e. The molecular weight excluding hydrogens is 367 g/mol. The lowest BCUT2D eigenvalue weighted by Gasteiger charge is -2.09. The lowest BCUT2D eigenvalue weighted by Crippen LogP contribution is -2.00. The van der Waals surface area contributed by atoms with E-state index < -0.39 is 0 Å². The Bertz CT molecular complexity index is 1130. The highest BCUT2D eigenvalue weighted by atomic mass is 19.1. The summed E-state index contributed by atoms with van der Waals surface area (Å²) >= 11 is 0. The summed E-state index contributed by atoms with van der Waals surface area (Å²) in [4.78, 5) is 0. The Morgan fingerprint density at radius 3 is 1.93 bits per heavy atom. The summed E-state index contributed by atoms with van der Waals surface area (Å²) in [6.45, 7) is 2.03. The average molecular weight is 388 g/mol. The summed E-state index contributed by atoms with van der Waals surface area (Å²) in [6.07, 6.45) is 0. The van der Waals surface area contributed by atoms with E-state index in [1.54, 1.807) is 25.0 Å². The van der Waals surface area contributed by atoms with Crippen LogP contribution in [0.15, 0.2) is 72.8 Å². The van der Waals surface area contributed by atoms with Crippen molar-refractivity contribution in [3.05, 3.63) is 84.2 Å². The highest BCUT2D eigenvalue weighted by Crippen LogP contribution is 2.35. The van der Waals surface area contributed by atoms with Crippen LogP contribution in [-0.2, 0) is 0 Å². The normalized spacial score (nSPS) is 10.8. The standard InChI is InChI=1S/C24H21FN2O2/c1-16-23(17-7-11-21(28-2)12-8-17)26-27(20-6-4-5-19(25)15-20)24(16)18-9-13-22(29-3)14-10-18/h4-15H,1-3H3. The van der Waals surface area contributed by atoms with Crippen LogP contribution in [-0.4, -0.2) is 24.0 Å². The van der Waals surface area contributed by atoms with Crippen LogP contribution in [0.5, 0.6) is 11.5 Å². The zero-order valence-electron chi connectivity index (χ0n) is 16.5. The second-order valence-corrected chi connectivity index (χ2v) is 6.67. The van der Waals surface area contributed by atoms with Gasteiger partial charge in [0.2, 0.25) is 0 Å². The minimum atomic E-state index is -0.303. The second-order valence-electron chi connectivity index (χ2n) is 6.67. The van der Waals surface area contributed by atoms with E-state index in [0.717, 1.165) is 39.6 Å². The molecule has 0 spiro atoms. The Balaban J connectivity index is 1.92. The SMILES string of the molecule is COc1ccc(-c2nn(-c3cccc(F)c3)c(-c3ccc(OC)cc3)c2C)cc1. The van der Waals surface area contributed by atoms with Gasteiger partial charge in [0.15, 0.2) is 0 Å².